The summed E-state index contributed by atoms with van der Waals surface area (Å²) >= 11 is 0. The molecule has 2 aliphatic rings. The molecule has 3 aromatic rings. The van der Waals surface area contributed by atoms with Gasteiger partial charge in [0.1, 0.15) is 18.2 Å². The van der Waals surface area contributed by atoms with Gasteiger partial charge in [0, 0.05) is 40.9 Å². The summed E-state index contributed by atoms with van der Waals surface area (Å²) in [6.45, 7) is 6.16. The molecule has 1 aliphatic heterocycles. The van der Waals surface area contributed by atoms with Crippen LogP contribution in [-0.2, 0) is 16.2 Å². The van der Waals surface area contributed by atoms with E-state index in [1.54, 1.807) is 19.1 Å². The molecular weight excluding hydrogens is 526 g/mol. The molecule has 2 N–H and O–H groups in total. The fraction of sp³-hybridized carbons (Fsp3) is 0.273. The Bertz CT molecular complexity index is 1580. The second kappa shape index (κ2) is 11.2. The van der Waals surface area contributed by atoms with Gasteiger partial charge in [0.25, 0.3) is 5.91 Å². The predicted molar refractivity (Wildman–Crippen MR) is 152 cm³/mol. The maximum atomic E-state index is 14.5. The molecule has 0 bridgehead atoms. The Morgan fingerprint density at radius 2 is 1.78 bits per heavy atom. The Balaban J connectivity index is 1.55. The average Bonchev–Trinajstić information content (AvgIpc) is 2.92. The van der Waals surface area contributed by atoms with Gasteiger partial charge in [-0.15, -0.1) is 0 Å². The summed E-state index contributed by atoms with van der Waals surface area (Å²) in [4.78, 5) is 27.4. The van der Waals surface area contributed by atoms with Crippen LogP contribution in [0.2, 0.25) is 0 Å². The van der Waals surface area contributed by atoms with Gasteiger partial charge in [-0.3, -0.25) is 9.59 Å². The predicted octanol–water partition coefficient (Wildman–Crippen LogP) is 6.80. The minimum Gasteiger partial charge on any atom is -0.493 e. The van der Waals surface area contributed by atoms with Gasteiger partial charge in [-0.05, 0) is 54.2 Å². The molecule has 41 heavy (non-hydrogen) atoms. The molecule has 1 unspecified atom stereocenters. The van der Waals surface area contributed by atoms with Gasteiger partial charge < -0.3 is 20.1 Å². The molecule has 0 spiro atoms. The number of carbonyl (C=O) groups excluding carboxylic acids is 2. The normalized spacial score (nSPS) is 18.0. The first-order chi connectivity index (χ1) is 19.6. The molecular formula is C33H32F2N2O4. The van der Waals surface area contributed by atoms with E-state index >= 15 is 0 Å². The van der Waals surface area contributed by atoms with E-state index in [0.29, 0.717) is 53.8 Å². The smallest absolute Gasteiger partial charge is 0.254 e. The lowest BCUT2D eigenvalue weighted by Crippen LogP contribution is -2.39. The van der Waals surface area contributed by atoms with Crippen LogP contribution in [0.1, 0.15) is 50.7 Å². The number of halogens is 2. The molecule has 1 amide bonds. The summed E-state index contributed by atoms with van der Waals surface area (Å²) in [7, 11) is 1.53. The molecule has 1 atom stereocenters. The highest BCUT2D eigenvalue weighted by Gasteiger charge is 2.43. The van der Waals surface area contributed by atoms with Gasteiger partial charge in [-0.1, -0.05) is 50.2 Å². The molecule has 0 fully saturated rings. The van der Waals surface area contributed by atoms with Crippen LogP contribution in [0, 0.1) is 17.0 Å². The van der Waals surface area contributed by atoms with E-state index in [0.717, 1.165) is 17.3 Å². The number of rotatable bonds is 7. The van der Waals surface area contributed by atoms with Crippen molar-refractivity contribution in [1.82, 2.24) is 5.32 Å². The number of amides is 1. The monoisotopic (exact) mass is 558 g/mol. The third-order valence-corrected chi connectivity index (χ3v) is 7.42. The van der Waals surface area contributed by atoms with Gasteiger partial charge in [0.2, 0.25) is 0 Å². The van der Waals surface area contributed by atoms with Crippen LogP contribution >= 0.6 is 0 Å². The van der Waals surface area contributed by atoms with Crippen LogP contribution < -0.4 is 20.1 Å². The number of hydrogen-bond acceptors (Lipinski definition) is 5. The van der Waals surface area contributed by atoms with Crippen molar-refractivity contribution in [3.63, 3.8) is 0 Å². The van der Waals surface area contributed by atoms with Crippen molar-refractivity contribution >= 4 is 17.4 Å². The van der Waals surface area contributed by atoms with Crippen molar-refractivity contribution < 1.29 is 27.8 Å². The quantitative estimate of drug-likeness (QED) is 0.334. The number of nitrogens with one attached hydrogen (secondary N) is 2. The summed E-state index contributed by atoms with van der Waals surface area (Å²) in [5.41, 5.74) is 3.31. The van der Waals surface area contributed by atoms with Crippen LogP contribution in [0.15, 0.2) is 89.3 Å². The first-order valence-corrected chi connectivity index (χ1v) is 13.4. The van der Waals surface area contributed by atoms with Gasteiger partial charge in [-0.2, -0.15) is 0 Å². The number of carbonyl (C=O) groups is 2. The second-order valence-corrected chi connectivity index (χ2v) is 11.2. The average molecular weight is 559 g/mol. The molecule has 5 rings (SSSR count). The summed E-state index contributed by atoms with van der Waals surface area (Å²) in [5, 5.41) is 5.86. The third-order valence-electron chi connectivity index (χ3n) is 7.42. The molecule has 0 saturated heterocycles. The van der Waals surface area contributed by atoms with Crippen LogP contribution in [-0.4, -0.2) is 18.8 Å². The highest BCUT2D eigenvalue weighted by molar-refractivity contribution is 6.10. The summed E-state index contributed by atoms with van der Waals surface area (Å²) in [5.74, 6) is -2.09. The van der Waals surface area contributed by atoms with Gasteiger partial charge in [0.05, 0.1) is 12.8 Å². The first-order valence-electron chi connectivity index (χ1n) is 13.4. The molecule has 0 saturated carbocycles. The van der Waals surface area contributed by atoms with Crippen molar-refractivity contribution in [2.75, 3.05) is 12.4 Å². The molecule has 8 heteroatoms. The minimum atomic E-state index is -0.895. The SMILES string of the molecule is COc1cc(C2C(C(=O)Nc3ccc(F)cc3F)=C(C)NC3=C2C(=O)CC(C)(C)C3)ccc1OCc1ccccc1. The molecule has 1 heterocycles. The summed E-state index contributed by atoms with van der Waals surface area (Å²) < 4.78 is 39.7. The Labute approximate surface area is 238 Å². The highest BCUT2D eigenvalue weighted by Crippen LogP contribution is 2.48. The van der Waals surface area contributed by atoms with E-state index in [1.165, 1.54) is 13.2 Å². The van der Waals surface area contributed by atoms with Crippen molar-refractivity contribution in [3.05, 3.63) is 112 Å². The van der Waals surface area contributed by atoms with Gasteiger partial charge in [0.15, 0.2) is 17.3 Å². The standard InChI is InChI=1S/C33H32F2N2O4/c1-19-29(32(39)37-24-12-11-22(34)15-23(24)35)30(31-25(36-19)16-33(2,3)17-26(31)38)21-10-13-27(28(14-21)40-4)41-18-20-8-6-5-7-9-20/h5-15,30,36H,16-18H2,1-4H3,(H,37,39). The largest absolute Gasteiger partial charge is 0.493 e. The second-order valence-electron chi connectivity index (χ2n) is 11.2. The fourth-order valence-electron chi connectivity index (χ4n) is 5.57. The molecule has 3 aromatic carbocycles. The number of dihydropyridines is 1. The van der Waals surface area contributed by atoms with Crippen LogP contribution in [0.3, 0.4) is 0 Å². The lowest BCUT2D eigenvalue weighted by Gasteiger charge is -2.39. The number of anilines is 1. The summed E-state index contributed by atoms with van der Waals surface area (Å²) in [6.07, 6.45) is 0.943. The highest BCUT2D eigenvalue weighted by atomic mass is 19.1. The molecule has 1 aliphatic carbocycles. The third kappa shape index (κ3) is 5.87. The molecule has 0 aromatic heterocycles. The van der Waals surface area contributed by atoms with Crippen molar-refractivity contribution in [3.8, 4) is 11.5 Å². The molecule has 6 nitrogen and oxygen atoms in total. The minimum absolute atomic E-state index is 0.0668. The maximum absolute atomic E-state index is 14.5. The van der Waals surface area contributed by atoms with Crippen LogP contribution in [0.5, 0.6) is 11.5 Å². The van der Waals surface area contributed by atoms with Crippen molar-refractivity contribution in [2.45, 2.75) is 46.1 Å². The number of ether oxygens (including phenoxy) is 2. The Morgan fingerprint density at radius 3 is 2.49 bits per heavy atom. The fourth-order valence-corrected chi connectivity index (χ4v) is 5.57. The van der Waals surface area contributed by atoms with Crippen molar-refractivity contribution in [2.24, 2.45) is 5.41 Å². The number of Topliss-reactive ketones (excluding diaryl/α,β-unsaturated/α-hetero) is 1. The zero-order valence-corrected chi connectivity index (χ0v) is 23.4. The van der Waals surface area contributed by atoms with Crippen LogP contribution in [0.4, 0.5) is 14.5 Å². The molecule has 212 valence electrons. The Kier molecular flexibility index (Phi) is 7.67. The topological polar surface area (TPSA) is 76.7 Å². The van der Waals surface area contributed by atoms with E-state index < -0.39 is 23.5 Å². The number of benzene rings is 3. The van der Waals surface area contributed by atoms with E-state index in [2.05, 4.69) is 10.6 Å². The van der Waals surface area contributed by atoms with Gasteiger partial charge >= 0.3 is 0 Å². The van der Waals surface area contributed by atoms with E-state index in [9.17, 15) is 18.4 Å². The Morgan fingerprint density at radius 1 is 1.02 bits per heavy atom. The van der Waals surface area contributed by atoms with E-state index in [1.807, 2.05) is 50.2 Å². The summed E-state index contributed by atoms with van der Waals surface area (Å²) in [6, 6.07) is 18.0. The number of allylic oxidation sites excluding steroid dienone is 3. The zero-order chi connectivity index (χ0) is 29.3. The van der Waals surface area contributed by atoms with E-state index in [4.69, 9.17) is 9.47 Å². The number of ketones is 1. The lowest BCUT2D eigenvalue weighted by atomic mass is 9.68. The zero-order valence-electron chi connectivity index (χ0n) is 23.4. The first kappa shape index (κ1) is 28.1. The van der Waals surface area contributed by atoms with Crippen LogP contribution in [0.25, 0.3) is 0 Å². The lowest BCUT2D eigenvalue weighted by molar-refractivity contribution is -0.118. The Hall–Kier alpha value is -4.46. The molecule has 0 radical (unpaired) electrons. The number of hydrogen-bond donors (Lipinski definition) is 2. The maximum Gasteiger partial charge on any atom is 0.254 e. The van der Waals surface area contributed by atoms with E-state index in [-0.39, 0.29) is 22.5 Å². The van der Waals surface area contributed by atoms with Gasteiger partial charge in [-0.25, -0.2) is 8.78 Å². The number of methoxy groups -OCH3 is 1. The van der Waals surface area contributed by atoms with Crippen molar-refractivity contribution in [1.29, 1.82) is 0 Å².